The van der Waals surface area contributed by atoms with Crippen LogP contribution in [0.3, 0.4) is 0 Å². The summed E-state index contributed by atoms with van der Waals surface area (Å²) < 4.78 is -0.0295. The molecular weight excluding hydrogens is 392 g/mol. The van der Waals surface area contributed by atoms with Crippen LogP contribution in [0.5, 0.6) is 0 Å². The first kappa shape index (κ1) is 10.0. The van der Waals surface area contributed by atoms with Gasteiger partial charge in [0.2, 0.25) is 0 Å². The van der Waals surface area contributed by atoms with Crippen molar-refractivity contribution in [2.45, 2.75) is 27.3 Å². The Morgan fingerprint density at radius 2 is 2.00 bits per heavy atom. The minimum absolute atomic E-state index is 0.0295. The van der Waals surface area contributed by atoms with Crippen molar-refractivity contribution >= 4 is 63.7 Å². The molecule has 0 heterocycles. The van der Waals surface area contributed by atoms with Gasteiger partial charge in [0.05, 0.1) is 4.83 Å². The van der Waals surface area contributed by atoms with Crippen molar-refractivity contribution in [3.8, 4) is 0 Å². The first-order valence-electron chi connectivity index (χ1n) is 3.09. The third kappa shape index (κ3) is 1.99. The SMILES string of the molecule is Br[C]1CCCC(Br)C1(Br)Br. The molecule has 1 unspecified atom stereocenters. The van der Waals surface area contributed by atoms with E-state index in [1.807, 2.05) is 0 Å². The molecule has 1 fully saturated rings. The average Bonchev–Trinajstić information content (AvgIpc) is 1.84. The summed E-state index contributed by atoms with van der Waals surface area (Å²) in [4.78, 5) is 1.79. The molecule has 1 rings (SSSR count). The van der Waals surface area contributed by atoms with Crippen LogP contribution in [-0.2, 0) is 0 Å². The lowest BCUT2D eigenvalue weighted by atomic mass is 10.0. The second-order valence-electron chi connectivity index (χ2n) is 2.39. The highest BCUT2D eigenvalue weighted by Crippen LogP contribution is 2.52. The monoisotopic (exact) mass is 395 g/mol. The van der Waals surface area contributed by atoms with Crippen LogP contribution >= 0.6 is 63.7 Å². The van der Waals surface area contributed by atoms with E-state index in [-0.39, 0.29) is 3.23 Å². The molecule has 0 aliphatic heterocycles. The second kappa shape index (κ2) is 3.75. The van der Waals surface area contributed by atoms with Gasteiger partial charge in [-0.25, -0.2) is 0 Å². The molecule has 0 amide bonds. The molecule has 0 spiro atoms. The predicted molar refractivity (Wildman–Crippen MR) is 59.3 cm³/mol. The largest absolute Gasteiger partial charge is 0.110 e. The summed E-state index contributed by atoms with van der Waals surface area (Å²) in [6.07, 6.45) is 3.62. The van der Waals surface area contributed by atoms with E-state index in [9.17, 15) is 0 Å². The molecule has 59 valence electrons. The Morgan fingerprint density at radius 1 is 1.40 bits per heavy atom. The predicted octanol–water partition coefficient (Wildman–Crippen LogP) is 4.35. The van der Waals surface area contributed by atoms with Gasteiger partial charge >= 0.3 is 0 Å². The highest BCUT2D eigenvalue weighted by Gasteiger charge is 2.41. The maximum atomic E-state index is 3.61. The molecule has 1 atom stereocenters. The van der Waals surface area contributed by atoms with Gasteiger partial charge in [0, 0.05) is 4.83 Å². The Bertz CT molecular complexity index is 111. The van der Waals surface area contributed by atoms with E-state index < -0.39 is 0 Å². The lowest BCUT2D eigenvalue weighted by Gasteiger charge is -2.35. The zero-order chi connectivity index (χ0) is 7.78. The quantitative estimate of drug-likeness (QED) is 0.532. The molecule has 1 radical (unpaired) electrons. The second-order valence-corrected chi connectivity index (χ2v) is 8.02. The van der Waals surface area contributed by atoms with E-state index in [1.54, 1.807) is 0 Å². The number of hydrogen-bond acceptors (Lipinski definition) is 0. The highest BCUT2D eigenvalue weighted by molar-refractivity contribution is 9.27. The fourth-order valence-electron chi connectivity index (χ4n) is 0.954. The van der Waals surface area contributed by atoms with E-state index >= 15 is 0 Å². The van der Waals surface area contributed by atoms with E-state index in [0.29, 0.717) is 4.83 Å². The number of halogens is 4. The molecule has 0 aromatic carbocycles. The topological polar surface area (TPSA) is 0 Å². The van der Waals surface area contributed by atoms with Crippen LogP contribution < -0.4 is 0 Å². The molecule has 0 saturated heterocycles. The van der Waals surface area contributed by atoms with Crippen molar-refractivity contribution in [3.05, 3.63) is 4.83 Å². The van der Waals surface area contributed by atoms with Crippen LogP contribution in [-0.4, -0.2) is 8.06 Å². The highest BCUT2D eigenvalue weighted by atomic mass is 79.9. The minimum Gasteiger partial charge on any atom is -0.0865 e. The van der Waals surface area contributed by atoms with E-state index in [2.05, 4.69) is 63.7 Å². The summed E-state index contributed by atoms with van der Waals surface area (Å²) in [6, 6.07) is 0. The summed E-state index contributed by atoms with van der Waals surface area (Å²) in [6.45, 7) is 0. The molecule has 4 heteroatoms. The minimum atomic E-state index is -0.0295. The Kier molecular flexibility index (Phi) is 3.76. The summed E-state index contributed by atoms with van der Waals surface area (Å²) in [7, 11) is 0. The number of rotatable bonds is 0. The summed E-state index contributed by atoms with van der Waals surface area (Å²) in [5.74, 6) is 0. The fraction of sp³-hybridized carbons (Fsp3) is 0.833. The van der Waals surface area contributed by atoms with Gasteiger partial charge in [-0.1, -0.05) is 70.1 Å². The van der Waals surface area contributed by atoms with Gasteiger partial charge in [-0.15, -0.1) is 0 Å². The third-order valence-electron chi connectivity index (χ3n) is 1.61. The van der Waals surface area contributed by atoms with E-state index in [0.717, 1.165) is 6.42 Å². The third-order valence-corrected chi connectivity index (χ3v) is 8.13. The molecular formula is C6H7Br4. The van der Waals surface area contributed by atoms with Crippen molar-refractivity contribution in [3.63, 3.8) is 0 Å². The van der Waals surface area contributed by atoms with E-state index in [1.165, 1.54) is 17.7 Å². The molecule has 0 aromatic rings. The van der Waals surface area contributed by atoms with Gasteiger partial charge < -0.3 is 0 Å². The van der Waals surface area contributed by atoms with Gasteiger partial charge in [-0.2, -0.15) is 0 Å². The van der Waals surface area contributed by atoms with Gasteiger partial charge in [-0.05, 0) is 12.8 Å². The van der Waals surface area contributed by atoms with Crippen molar-refractivity contribution < 1.29 is 0 Å². The van der Waals surface area contributed by atoms with Crippen molar-refractivity contribution in [2.75, 3.05) is 0 Å². The van der Waals surface area contributed by atoms with Crippen LogP contribution in [0.25, 0.3) is 0 Å². The lowest BCUT2D eigenvalue weighted by molar-refractivity contribution is 0.601. The zero-order valence-corrected chi connectivity index (χ0v) is 11.6. The van der Waals surface area contributed by atoms with Crippen LogP contribution in [0, 0.1) is 4.83 Å². The molecule has 0 aromatic heterocycles. The van der Waals surface area contributed by atoms with Crippen molar-refractivity contribution in [1.82, 2.24) is 0 Å². The van der Waals surface area contributed by atoms with Gasteiger partial charge in [0.1, 0.15) is 3.23 Å². The molecule has 0 bridgehead atoms. The smallest absolute Gasteiger partial charge is 0.0865 e. The summed E-state index contributed by atoms with van der Waals surface area (Å²) >= 11 is 14.4. The van der Waals surface area contributed by atoms with Gasteiger partial charge in [0.15, 0.2) is 0 Å². The lowest BCUT2D eigenvalue weighted by Crippen LogP contribution is -2.33. The Morgan fingerprint density at radius 3 is 2.40 bits per heavy atom. The molecule has 1 aliphatic rings. The zero-order valence-electron chi connectivity index (χ0n) is 5.21. The Hall–Kier alpha value is 1.92. The first-order valence-corrected chi connectivity index (χ1v) is 6.38. The Labute approximate surface area is 95.0 Å². The normalized spacial score (nSPS) is 34.2. The van der Waals surface area contributed by atoms with Crippen LogP contribution in [0.15, 0.2) is 0 Å². The molecule has 1 aliphatic carbocycles. The van der Waals surface area contributed by atoms with Gasteiger partial charge in [-0.3, -0.25) is 0 Å². The first-order chi connectivity index (χ1) is 4.55. The summed E-state index contributed by atoms with van der Waals surface area (Å²) in [5.41, 5.74) is 0. The van der Waals surface area contributed by atoms with E-state index in [4.69, 9.17) is 0 Å². The fourth-order valence-corrected chi connectivity index (χ4v) is 3.27. The van der Waals surface area contributed by atoms with Crippen LogP contribution in [0.2, 0.25) is 0 Å². The van der Waals surface area contributed by atoms with Crippen molar-refractivity contribution in [2.24, 2.45) is 0 Å². The maximum Gasteiger partial charge on any atom is 0.110 e. The molecule has 1 saturated carbocycles. The van der Waals surface area contributed by atoms with Crippen molar-refractivity contribution in [1.29, 1.82) is 0 Å². The number of alkyl halides is 3. The summed E-state index contributed by atoms with van der Waals surface area (Å²) in [5, 5.41) is 0. The Balaban J connectivity index is 2.63. The van der Waals surface area contributed by atoms with Gasteiger partial charge in [0.25, 0.3) is 0 Å². The standard InChI is InChI=1S/C6H7Br4/c7-4-2-1-3-5(8)6(4,9)10/h4H,1-3H2. The average molecular weight is 399 g/mol. The van der Waals surface area contributed by atoms with Crippen LogP contribution in [0.1, 0.15) is 19.3 Å². The number of hydrogen-bond donors (Lipinski definition) is 0. The van der Waals surface area contributed by atoms with Crippen LogP contribution in [0.4, 0.5) is 0 Å². The molecule has 0 nitrogen and oxygen atoms in total. The molecule has 10 heavy (non-hydrogen) atoms. The maximum absolute atomic E-state index is 3.61. The molecule has 0 N–H and O–H groups in total.